The van der Waals surface area contributed by atoms with Crippen molar-refractivity contribution in [3.05, 3.63) is 35.4 Å². The first-order chi connectivity index (χ1) is 9.16. The molecule has 2 rings (SSSR count). The van der Waals surface area contributed by atoms with Crippen LogP contribution in [0.15, 0.2) is 24.3 Å². The molecule has 1 atom stereocenters. The number of amides is 1. The molecule has 0 aromatic heterocycles. The van der Waals surface area contributed by atoms with Crippen LogP contribution in [0.2, 0.25) is 0 Å². The fraction of sp³-hybridized carbons (Fsp3) is 0.467. The van der Waals surface area contributed by atoms with Crippen LogP contribution >= 0.6 is 0 Å². The van der Waals surface area contributed by atoms with Gasteiger partial charge in [-0.05, 0) is 36.3 Å². The number of rotatable bonds is 5. The third kappa shape index (κ3) is 3.81. The summed E-state index contributed by atoms with van der Waals surface area (Å²) in [5, 5.41) is 11.2. The van der Waals surface area contributed by atoms with E-state index in [9.17, 15) is 9.59 Å². The third-order valence-electron chi connectivity index (χ3n) is 3.59. The number of nitrogens with one attached hydrogen (secondary N) is 1. The molecule has 2 N–H and O–H groups in total. The Kier molecular flexibility index (Phi) is 4.55. The summed E-state index contributed by atoms with van der Waals surface area (Å²) in [7, 11) is 0. The van der Waals surface area contributed by atoms with Crippen LogP contribution in [0.25, 0.3) is 0 Å². The number of carbonyl (C=O) groups is 2. The molecule has 0 fully saturated rings. The van der Waals surface area contributed by atoms with Crippen molar-refractivity contribution in [3.63, 3.8) is 0 Å². The maximum Gasteiger partial charge on any atom is 0.305 e. The molecular weight excluding hydrogens is 242 g/mol. The molecule has 1 aromatic carbocycles. The molecule has 4 heteroatoms. The van der Waals surface area contributed by atoms with E-state index in [-0.39, 0.29) is 24.8 Å². The summed E-state index contributed by atoms with van der Waals surface area (Å²) in [6.07, 6.45) is 3.67. The Balaban J connectivity index is 1.90. The zero-order chi connectivity index (χ0) is 13.7. The van der Waals surface area contributed by atoms with Gasteiger partial charge in [0.05, 0.1) is 6.42 Å². The minimum atomic E-state index is -0.886. The van der Waals surface area contributed by atoms with Gasteiger partial charge in [-0.15, -0.1) is 0 Å². The van der Waals surface area contributed by atoms with Crippen molar-refractivity contribution in [2.75, 3.05) is 6.54 Å². The number of carboxylic acid groups (broad SMARTS) is 1. The average Bonchev–Trinajstić information content (AvgIpc) is 2.39. The predicted molar refractivity (Wildman–Crippen MR) is 72.0 cm³/mol. The lowest BCUT2D eigenvalue weighted by Gasteiger charge is -2.24. The summed E-state index contributed by atoms with van der Waals surface area (Å²) in [5.41, 5.74) is 2.62. The van der Waals surface area contributed by atoms with Gasteiger partial charge < -0.3 is 10.4 Å². The van der Waals surface area contributed by atoms with E-state index in [4.69, 9.17) is 5.11 Å². The zero-order valence-corrected chi connectivity index (χ0v) is 10.9. The molecule has 0 radical (unpaired) electrons. The molecular formula is C15H19NO3. The van der Waals surface area contributed by atoms with E-state index < -0.39 is 5.97 Å². The maximum atomic E-state index is 11.8. The molecule has 1 aromatic rings. The van der Waals surface area contributed by atoms with Crippen molar-refractivity contribution in [1.29, 1.82) is 0 Å². The first kappa shape index (κ1) is 13.6. The number of aryl methyl sites for hydroxylation is 1. The number of benzene rings is 1. The van der Waals surface area contributed by atoms with Crippen LogP contribution in [0.4, 0.5) is 0 Å². The second kappa shape index (κ2) is 6.36. The second-order valence-corrected chi connectivity index (χ2v) is 4.99. The Bertz CT molecular complexity index is 470. The molecule has 0 saturated heterocycles. The SMILES string of the molecule is O=C(O)CCNC(=O)C[C@@H]1CCCc2ccccc21. The normalized spacial score (nSPS) is 17.6. The van der Waals surface area contributed by atoms with Gasteiger partial charge in [0, 0.05) is 13.0 Å². The molecule has 0 aliphatic heterocycles. The smallest absolute Gasteiger partial charge is 0.305 e. The van der Waals surface area contributed by atoms with Crippen molar-refractivity contribution in [3.8, 4) is 0 Å². The standard InChI is InChI=1S/C15H19NO3/c17-14(16-9-8-15(18)19)10-12-6-3-5-11-4-1-2-7-13(11)12/h1-2,4,7,12H,3,5-6,8-10H2,(H,16,17)(H,18,19)/t12-/m0/s1. The Hall–Kier alpha value is -1.84. The molecule has 102 valence electrons. The van der Waals surface area contributed by atoms with Gasteiger partial charge in [-0.3, -0.25) is 9.59 Å². The van der Waals surface area contributed by atoms with E-state index in [1.165, 1.54) is 11.1 Å². The topological polar surface area (TPSA) is 66.4 Å². The van der Waals surface area contributed by atoms with Gasteiger partial charge in [0.2, 0.25) is 5.91 Å². The van der Waals surface area contributed by atoms with Gasteiger partial charge in [-0.1, -0.05) is 24.3 Å². The Labute approximate surface area is 112 Å². The minimum Gasteiger partial charge on any atom is -0.481 e. The summed E-state index contributed by atoms with van der Waals surface area (Å²) in [4.78, 5) is 22.2. The van der Waals surface area contributed by atoms with Crippen LogP contribution in [-0.2, 0) is 16.0 Å². The van der Waals surface area contributed by atoms with Crippen LogP contribution in [0.3, 0.4) is 0 Å². The lowest BCUT2D eigenvalue weighted by molar-refractivity contribution is -0.136. The molecule has 19 heavy (non-hydrogen) atoms. The van der Waals surface area contributed by atoms with Crippen molar-refractivity contribution >= 4 is 11.9 Å². The molecule has 0 unspecified atom stereocenters. The second-order valence-electron chi connectivity index (χ2n) is 4.99. The van der Waals surface area contributed by atoms with Crippen LogP contribution < -0.4 is 5.32 Å². The average molecular weight is 261 g/mol. The molecule has 1 aliphatic rings. The van der Waals surface area contributed by atoms with Crippen molar-refractivity contribution in [1.82, 2.24) is 5.32 Å². The van der Waals surface area contributed by atoms with E-state index in [0.29, 0.717) is 6.42 Å². The van der Waals surface area contributed by atoms with Crippen LogP contribution in [0.1, 0.15) is 42.7 Å². The van der Waals surface area contributed by atoms with Crippen molar-refractivity contribution in [2.45, 2.75) is 38.0 Å². The first-order valence-electron chi connectivity index (χ1n) is 6.73. The largest absolute Gasteiger partial charge is 0.481 e. The number of fused-ring (bicyclic) bond motifs is 1. The number of carboxylic acids is 1. The molecule has 4 nitrogen and oxygen atoms in total. The highest BCUT2D eigenvalue weighted by Crippen LogP contribution is 2.33. The highest BCUT2D eigenvalue weighted by molar-refractivity contribution is 5.77. The van der Waals surface area contributed by atoms with Crippen LogP contribution in [-0.4, -0.2) is 23.5 Å². The van der Waals surface area contributed by atoms with Gasteiger partial charge in [-0.2, -0.15) is 0 Å². The predicted octanol–water partition coefficient (Wildman–Crippen LogP) is 2.09. The Morgan fingerprint density at radius 1 is 1.32 bits per heavy atom. The number of aliphatic carboxylic acids is 1. The lowest BCUT2D eigenvalue weighted by atomic mass is 9.81. The molecule has 0 heterocycles. The van der Waals surface area contributed by atoms with Gasteiger partial charge in [0.25, 0.3) is 0 Å². The molecule has 0 saturated carbocycles. The van der Waals surface area contributed by atoms with Crippen molar-refractivity contribution < 1.29 is 14.7 Å². The van der Waals surface area contributed by atoms with E-state index in [2.05, 4.69) is 17.4 Å². The first-order valence-corrected chi connectivity index (χ1v) is 6.73. The lowest BCUT2D eigenvalue weighted by Crippen LogP contribution is -2.28. The van der Waals surface area contributed by atoms with Gasteiger partial charge in [0.15, 0.2) is 0 Å². The zero-order valence-electron chi connectivity index (χ0n) is 10.9. The Morgan fingerprint density at radius 2 is 2.11 bits per heavy atom. The van der Waals surface area contributed by atoms with E-state index >= 15 is 0 Å². The monoisotopic (exact) mass is 261 g/mol. The fourth-order valence-corrected chi connectivity index (χ4v) is 2.67. The van der Waals surface area contributed by atoms with Gasteiger partial charge >= 0.3 is 5.97 Å². The molecule has 1 amide bonds. The van der Waals surface area contributed by atoms with E-state index in [1.54, 1.807) is 0 Å². The van der Waals surface area contributed by atoms with E-state index in [0.717, 1.165) is 19.3 Å². The molecule has 1 aliphatic carbocycles. The van der Waals surface area contributed by atoms with Crippen molar-refractivity contribution in [2.24, 2.45) is 0 Å². The number of carbonyl (C=O) groups excluding carboxylic acids is 1. The quantitative estimate of drug-likeness (QED) is 0.853. The van der Waals surface area contributed by atoms with Crippen LogP contribution in [0.5, 0.6) is 0 Å². The number of hydrogen-bond donors (Lipinski definition) is 2. The highest BCUT2D eigenvalue weighted by Gasteiger charge is 2.22. The maximum absolute atomic E-state index is 11.8. The summed E-state index contributed by atoms with van der Waals surface area (Å²) in [5.74, 6) is -0.666. The van der Waals surface area contributed by atoms with Gasteiger partial charge in [-0.25, -0.2) is 0 Å². The third-order valence-corrected chi connectivity index (χ3v) is 3.59. The Morgan fingerprint density at radius 3 is 2.89 bits per heavy atom. The fourth-order valence-electron chi connectivity index (χ4n) is 2.67. The highest BCUT2D eigenvalue weighted by atomic mass is 16.4. The summed E-state index contributed by atoms with van der Waals surface area (Å²) >= 11 is 0. The number of hydrogen-bond acceptors (Lipinski definition) is 2. The summed E-state index contributed by atoms with van der Waals surface area (Å²) in [6, 6.07) is 8.28. The minimum absolute atomic E-state index is 0.0208. The van der Waals surface area contributed by atoms with Gasteiger partial charge in [0.1, 0.15) is 0 Å². The van der Waals surface area contributed by atoms with E-state index in [1.807, 2.05) is 12.1 Å². The summed E-state index contributed by atoms with van der Waals surface area (Å²) < 4.78 is 0. The molecule has 0 spiro atoms. The summed E-state index contributed by atoms with van der Waals surface area (Å²) in [6.45, 7) is 0.211. The van der Waals surface area contributed by atoms with Crippen LogP contribution in [0, 0.1) is 0 Å². The molecule has 0 bridgehead atoms.